The molecule has 3 nitrogen and oxygen atoms in total. The molecule has 3 heteroatoms. The second kappa shape index (κ2) is 6.96. The quantitative estimate of drug-likeness (QED) is 0.287. The van der Waals surface area contributed by atoms with Gasteiger partial charge < -0.3 is 0 Å². The van der Waals surface area contributed by atoms with Crippen molar-refractivity contribution < 1.29 is 4.79 Å². The number of carbonyl (C=O) groups excluding carboxylic acids is 1. The molecule has 0 bridgehead atoms. The Morgan fingerprint density at radius 1 is 0.767 bits per heavy atom. The number of hydrogen-bond acceptors (Lipinski definition) is 2. The van der Waals surface area contributed by atoms with Gasteiger partial charge in [0.1, 0.15) is 0 Å². The molecule has 4 aromatic rings. The minimum absolute atomic E-state index is 0.0900. The number of fused-ring (bicyclic) bond motifs is 2. The maximum Gasteiger partial charge on any atom is 0.280 e. The number of aryl methyl sites for hydroxylation is 2. The fraction of sp³-hybridized carbons (Fsp3) is 0.111. The number of carbonyl (C=O) groups is 1. The molecule has 0 radical (unpaired) electrons. The smallest absolute Gasteiger partial charge is 0.267 e. The van der Waals surface area contributed by atoms with Crippen molar-refractivity contribution in [1.29, 1.82) is 0 Å². The molecule has 0 atom stereocenters. The topological polar surface area (TPSA) is 32.7 Å². The largest absolute Gasteiger partial charge is 0.280 e. The van der Waals surface area contributed by atoms with Gasteiger partial charge in [-0.1, -0.05) is 54.6 Å². The van der Waals surface area contributed by atoms with Crippen molar-refractivity contribution in [3.05, 3.63) is 95.1 Å². The summed E-state index contributed by atoms with van der Waals surface area (Å²) < 4.78 is 0. The van der Waals surface area contributed by atoms with E-state index in [4.69, 9.17) is 0 Å². The molecule has 0 aromatic heterocycles. The van der Waals surface area contributed by atoms with Gasteiger partial charge in [-0.25, -0.2) is 0 Å². The molecular weight excluding hydrogens is 368 g/mol. The molecule has 5 rings (SSSR count). The number of benzene rings is 4. The van der Waals surface area contributed by atoms with Crippen LogP contribution in [0.3, 0.4) is 0 Å². The summed E-state index contributed by atoms with van der Waals surface area (Å²) in [6.07, 6.45) is 2.01. The summed E-state index contributed by atoms with van der Waals surface area (Å²) in [5.74, 6) is -0.0900. The van der Waals surface area contributed by atoms with Crippen LogP contribution in [0.4, 0.5) is 5.69 Å². The van der Waals surface area contributed by atoms with Crippen molar-refractivity contribution in [2.24, 2.45) is 5.10 Å². The van der Waals surface area contributed by atoms with Gasteiger partial charge in [0.05, 0.1) is 17.0 Å². The van der Waals surface area contributed by atoms with E-state index < -0.39 is 0 Å². The molecule has 1 aliphatic heterocycles. The predicted octanol–water partition coefficient (Wildman–Crippen LogP) is 6.42. The van der Waals surface area contributed by atoms with Crippen LogP contribution in [0.15, 0.2) is 83.5 Å². The van der Waals surface area contributed by atoms with Crippen LogP contribution in [0.2, 0.25) is 0 Å². The first-order valence-corrected chi connectivity index (χ1v) is 10.1. The Morgan fingerprint density at radius 3 is 2.03 bits per heavy atom. The average molecular weight is 390 g/mol. The Balaban J connectivity index is 1.68. The minimum atomic E-state index is -0.0900. The summed E-state index contributed by atoms with van der Waals surface area (Å²) in [5.41, 5.74) is 5.57. The first kappa shape index (κ1) is 18.3. The zero-order valence-electron chi connectivity index (χ0n) is 17.3. The maximum absolute atomic E-state index is 13.3. The Hall–Kier alpha value is -3.72. The van der Waals surface area contributed by atoms with E-state index in [1.165, 1.54) is 10.6 Å². The third-order valence-electron chi connectivity index (χ3n) is 5.90. The maximum atomic E-state index is 13.3. The highest BCUT2D eigenvalue weighted by Crippen LogP contribution is 2.32. The Kier molecular flexibility index (Phi) is 4.25. The van der Waals surface area contributed by atoms with Crippen LogP contribution in [0.25, 0.3) is 27.6 Å². The van der Waals surface area contributed by atoms with Gasteiger partial charge in [-0.15, -0.1) is 0 Å². The molecule has 0 spiro atoms. The molecule has 30 heavy (non-hydrogen) atoms. The molecular formula is C27H22N2O. The van der Waals surface area contributed by atoms with Gasteiger partial charge in [0.2, 0.25) is 0 Å². The van der Waals surface area contributed by atoms with Crippen molar-refractivity contribution in [2.45, 2.75) is 20.8 Å². The number of amides is 1. The van der Waals surface area contributed by atoms with Gasteiger partial charge in [-0.2, -0.15) is 10.1 Å². The lowest BCUT2D eigenvalue weighted by molar-refractivity contribution is -0.114. The third-order valence-corrected chi connectivity index (χ3v) is 5.90. The number of nitrogens with zero attached hydrogens (tertiary/aromatic N) is 2. The highest BCUT2D eigenvalue weighted by Gasteiger charge is 2.29. The lowest BCUT2D eigenvalue weighted by Crippen LogP contribution is -2.21. The van der Waals surface area contributed by atoms with Crippen LogP contribution >= 0.6 is 0 Å². The highest BCUT2D eigenvalue weighted by atomic mass is 16.2. The van der Waals surface area contributed by atoms with E-state index in [2.05, 4.69) is 49.3 Å². The summed E-state index contributed by atoms with van der Waals surface area (Å²) in [5, 5.41) is 10.7. The SMILES string of the molecule is CC1=NN(c2ccc(C)c(C)c2)C(=O)/C1=C\c1c2ccccc2cc2ccccc12. The van der Waals surface area contributed by atoms with Gasteiger partial charge in [0, 0.05) is 0 Å². The van der Waals surface area contributed by atoms with Crippen molar-refractivity contribution in [3.63, 3.8) is 0 Å². The number of hydrazone groups is 1. The predicted molar refractivity (Wildman–Crippen MR) is 126 cm³/mol. The first-order valence-electron chi connectivity index (χ1n) is 10.1. The van der Waals surface area contributed by atoms with Crippen molar-refractivity contribution in [3.8, 4) is 0 Å². The van der Waals surface area contributed by atoms with Gasteiger partial charge in [0.15, 0.2) is 0 Å². The van der Waals surface area contributed by atoms with Crippen LogP contribution < -0.4 is 5.01 Å². The molecule has 0 saturated carbocycles. The van der Waals surface area contributed by atoms with Gasteiger partial charge in [0.25, 0.3) is 5.91 Å². The van der Waals surface area contributed by atoms with E-state index in [9.17, 15) is 4.79 Å². The molecule has 0 unspecified atom stereocenters. The summed E-state index contributed by atoms with van der Waals surface area (Å²) >= 11 is 0. The van der Waals surface area contributed by atoms with Crippen LogP contribution in [-0.2, 0) is 4.79 Å². The monoisotopic (exact) mass is 390 g/mol. The summed E-state index contributed by atoms with van der Waals surface area (Å²) in [7, 11) is 0. The Bertz CT molecular complexity index is 1340. The first-order chi connectivity index (χ1) is 14.5. The standard InChI is InChI=1S/C27H22N2O/c1-17-12-13-22(14-18(17)2)29-27(30)25(19(3)28-29)16-26-23-10-6-4-8-20(23)15-21-9-5-7-11-24(21)26/h4-16H,1-3H3/b25-16-. The molecule has 146 valence electrons. The lowest BCUT2D eigenvalue weighted by atomic mass is 9.94. The Labute approximate surface area is 175 Å². The number of rotatable bonds is 2. The second-order valence-corrected chi connectivity index (χ2v) is 7.86. The normalized spacial score (nSPS) is 15.4. The van der Waals surface area contributed by atoms with E-state index in [1.807, 2.05) is 55.5 Å². The van der Waals surface area contributed by atoms with E-state index in [0.717, 1.165) is 44.1 Å². The van der Waals surface area contributed by atoms with Crippen molar-refractivity contribution in [1.82, 2.24) is 0 Å². The highest BCUT2D eigenvalue weighted by molar-refractivity contribution is 6.33. The number of hydrogen-bond donors (Lipinski definition) is 0. The van der Waals surface area contributed by atoms with E-state index in [-0.39, 0.29) is 5.91 Å². The molecule has 4 aromatic carbocycles. The molecule has 1 heterocycles. The fourth-order valence-corrected chi connectivity index (χ4v) is 4.07. The van der Waals surface area contributed by atoms with E-state index >= 15 is 0 Å². The van der Waals surface area contributed by atoms with E-state index in [1.54, 1.807) is 0 Å². The van der Waals surface area contributed by atoms with Crippen molar-refractivity contribution in [2.75, 3.05) is 5.01 Å². The van der Waals surface area contributed by atoms with Crippen LogP contribution in [-0.4, -0.2) is 11.6 Å². The summed E-state index contributed by atoms with van der Waals surface area (Å²) in [4.78, 5) is 13.3. The molecule has 0 N–H and O–H groups in total. The van der Waals surface area contributed by atoms with Gasteiger partial charge >= 0.3 is 0 Å². The zero-order chi connectivity index (χ0) is 20.8. The van der Waals surface area contributed by atoms with E-state index in [0.29, 0.717) is 5.57 Å². The van der Waals surface area contributed by atoms with Gasteiger partial charge in [-0.3, -0.25) is 4.79 Å². The van der Waals surface area contributed by atoms with Crippen LogP contribution in [0, 0.1) is 13.8 Å². The third kappa shape index (κ3) is 2.91. The molecule has 1 aliphatic rings. The van der Waals surface area contributed by atoms with Crippen molar-refractivity contribution >= 4 is 44.9 Å². The Morgan fingerprint density at radius 2 is 1.40 bits per heavy atom. The fourth-order valence-electron chi connectivity index (χ4n) is 4.07. The molecule has 1 amide bonds. The molecule has 0 fully saturated rings. The summed E-state index contributed by atoms with van der Waals surface area (Å²) in [6.45, 7) is 6.02. The van der Waals surface area contributed by atoms with Crippen LogP contribution in [0.1, 0.15) is 23.6 Å². The zero-order valence-corrected chi connectivity index (χ0v) is 17.3. The summed E-state index contributed by atoms with van der Waals surface area (Å²) in [6, 6.07) is 24.8. The lowest BCUT2D eigenvalue weighted by Gasteiger charge is -2.14. The molecule has 0 aliphatic carbocycles. The van der Waals surface area contributed by atoms with Crippen LogP contribution in [0.5, 0.6) is 0 Å². The average Bonchev–Trinajstić information content (AvgIpc) is 3.03. The molecule has 0 saturated heterocycles. The minimum Gasteiger partial charge on any atom is -0.267 e. The van der Waals surface area contributed by atoms with Gasteiger partial charge in [-0.05, 0) is 83.3 Å². The number of anilines is 1. The second-order valence-electron chi connectivity index (χ2n) is 7.86.